The van der Waals surface area contributed by atoms with Gasteiger partial charge < -0.3 is 0 Å². The quantitative estimate of drug-likeness (QED) is 0.686. The molecule has 0 spiro atoms. The fourth-order valence-corrected chi connectivity index (χ4v) is 1.29. The van der Waals surface area contributed by atoms with E-state index in [4.69, 9.17) is 46.4 Å². The molecule has 1 aromatic rings. The summed E-state index contributed by atoms with van der Waals surface area (Å²) in [6.07, 6.45) is 0. The average molecular weight is 244 g/mol. The molecule has 0 saturated heterocycles. The normalized spacial score (nSPS) is 12.1. The second kappa shape index (κ2) is 4.06. The van der Waals surface area contributed by atoms with E-state index in [0.29, 0.717) is 5.56 Å². The van der Waals surface area contributed by atoms with E-state index in [1.807, 2.05) is 18.2 Å². The van der Waals surface area contributed by atoms with E-state index >= 15 is 0 Å². The second-order valence-corrected chi connectivity index (χ2v) is 4.77. The Labute approximate surface area is 91.4 Å². The Balaban J connectivity index is 2.98. The number of hydrogen-bond donors (Lipinski definition) is 0. The first kappa shape index (κ1) is 10.5. The molecule has 0 bridgehead atoms. The lowest BCUT2D eigenvalue weighted by Gasteiger charge is -2.20. The van der Waals surface area contributed by atoms with Crippen LogP contribution in [0.1, 0.15) is 5.56 Å². The predicted octanol–water partition coefficient (Wildman–Crippen LogP) is 4.12. The Bertz CT molecular complexity index is 242. The third-order valence-electron chi connectivity index (χ3n) is 1.43. The molecule has 0 amide bonds. The molecule has 0 saturated carbocycles. The summed E-state index contributed by atoms with van der Waals surface area (Å²) in [6.45, 7) is 0. The van der Waals surface area contributed by atoms with Crippen LogP contribution in [0.5, 0.6) is 0 Å². The van der Waals surface area contributed by atoms with E-state index in [9.17, 15) is 0 Å². The van der Waals surface area contributed by atoms with E-state index in [0.717, 1.165) is 0 Å². The smallest absolute Gasteiger partial charge is 0.102 e. The molecule has 12 heavy (non-hydrogen) atoms. The summed E-state index contributed by atoms with van der Waals surface area (Å²) >= 11 is 23.0. The number of alkyl halides is 4. The van der Waals surface area contributed by atoms with Crippen LogP contribution in [0, 0.1) is 0 Å². The maximum absolute atomic E-state index is 5.90. The van der Waals surface area contributed by atoms with Gasteiger partial charge in [0.2, 0.25) is 0 Å². The van der Waals surface area contributed by atoms with E-state index in [-0.39, 0.29) is 0 Å². The molecule has 1 aromatic carbocycles. The van der Waals surface area contributed by atoms with Gasteiger partial charge in [0.25, 0.3) is 0 Å². The monoisotopic (exact) mass is 242 g/mol. The summed E-state index contributed by atoms with van der Waals surface area (Å²) in [7, 11) is 0. The van der Waals surface area contributed by atoms with Crippen LogP contribution < -0.4 is 0 Å². The molecule has 1 rings (SSSR count). The van der Waals surface area contributed by atoms with Crippen molar-refractivity contribution in [3.63, 3.8) is 0 Å². The lowest BCUT2D eigenvalue weighted by molar-refractivity contribution is 0.934. The summed E-state index contributed by atoms with van der Waals surface area (Å²) in [4.78, 5) is -0.844. The number of rotatable bonds is 2. The van der Waals surface area contributed by atoms with Gasteiger partial charge in [0.1, 0.15) is 4.84 Å². The van der Waals surface area contributed by atoms with E-state index in [1.165, 1.54) is 0 Å². The van der Waals surface area contributed by atoms with Crippen LogP contribution in [-0.2, 0) is 4.33 Å². The maximum Gasteiger partial charge on any atom is 0.173 e. The second-order valence-electron chi connectivity index (χ2n) is 2.29. The van der Waals surface area contributed by atoms with Crippen molar-refractivity contribution in [2.45, 2.75) is 9.17 Å². The Morgan fingerprint density at radius 1 is 1.00 bits per heavy atom. The van der Waals surface area contributed by atoms with Crippen molar-refractivity contribution in [2.24, 2.45) is 0 Å². The fraction of sp³-hybridized carbons (Fsp3) is 0.250. The zero-order valence-corrected chi connectivity index (χ0v) is 9.00. The Hall–Kier alpha value is 0.380. The first-order valence-electron chi connectivity index (χ1n) is 3.26. The highest BCUT2D eigenvalue weighted by atomic mass is 35.5. The first-order valence-corrected chi connectivity index (χ1v) is 4.89. The van der Waals surface area contributed by atoms with Crippen molar-refractivity contribution in [1.29, 1.82) is 0 Å². The highest BCUT2D eigenvalue weighted by molar-refractivity contribution is 6.59. The molecule has 0 radical (unpaired) electrons. The SMILES string of the molecule is ClC(Cl)C(Cl)(Cl)c1ccccc1. The molecule has 0 nitrogen and oxygen atoms in total. The lowest BCUT2D eigenvalue weighted by atomic mass is 10.2. The molecule has 66 valence electrons. The zero-order valence-electron chi connectivity index (χ0n) is 5.98. The van der Waals surface area contributed by atoms with Gasteiger partial charge in [-0.25, -0.2) is 0 Å². The maximum atomic E-state index is 5.90. The summed E-state index contributed by atoms with van der Waals surface area (Å²) in [5.74, 6) is 0. The van der Waals surface area contributed by atoms with Crippen molar-refractivity contribution in [2.75, 3.05) is 0 Å². The molecule has 0 aromatic heterocycles. The molecular weight excluding hydrogens is 238 g/mol. The van der Waals surface area contributed by atoms with Gasteiger partial charge in [0.15, 0.2) is 4.33 Å². The molecule has 0 atom stereocenters. The summed E-state index contributed by atoms with van der Waals surface area (Å²) in [5.41, 5.74) is 0.698. The third kappa shape index (κ3) is 2.20. The van der Waals surface area contributed by atoms with E-state index in [2.05, 4.69) is 0 Å². The first-order chi connectivity index (χ1) is 5.55. The fourth-order valence-electron chi connectivity index (χ4n) is 0.786. The van der Waals surface area contributed by atoms with Crippen LogP contribution >= 0.6 is 46.4 Å². The highest BCUT2D eigenvalue weighted by Crippen LogP contribution is 2.41. The summed E-state index contributed by atoms with van der Waals surface area (Å²) in [5, 5.41) is 0. The molecule has 0 N–H and O–H groups in total. The molecule has 0 aliphatic carbocycles. The number of hydrogen-bond acceptors (Lipinski definition) is 0. The minimum Gasteiger partial charge on any atom is -0.102 e. The standard InChI is InChI=1S/C8H6Cl4/c9-7(10)8(11,12)6-4-2-1-3-5-6/h1-5,7H. The molecular formula is C8H6Cl4. The predicted molar refractivity (Wildman–Crippen MR) is 55.3 cm³/mol. The van der Waals surface area contributed by atoms with E-state index < -0.39 is 9.17 Å². The topological polar surface area (TPSA) is 0 Å². The van der Waals surface area contributed by atoms with Gasteiger partial charge in [-0.05, 0) is 5.56 Å². The van der Waals surface area contributed by atoms with Crippen molar-refractivity contribution in [3.8, 4) is 0 Å². The van der Waals surface area contributed by atoms with Crippen molar-refractivity contribution >= 4 is 46.4 Å². The molecule has 0 fully saturated rings. The number of halogens is 4. The van der Waals surface area contributed by atoms with Crippen molar-refractivity contribution in [3.05, 3.63) is 35.9 Å². The third-order valence-corrected chi connectivity index (χ3v) is 3.41. The van der Waals surface area contributed by atoms with Crippen molar-refractivity contribution < 1.29 is 0 Å². The molecule has 0 aliphatic heterocycles. The van der Waals surface area contributed by atoms with Gasteiger partial charge in [-0.1, -0.05) is 53.5 Å². The minimum absolute atomic E-state index is 0.698. The summed E-state index contributed by atoms with van der Waals surface area (Å²) in [6, 6.07) is 9.07. The van der Waals surface area contributed by atoms with Gasteiger partial charge in [0.05, 0.1) is 0 Å². The van der Waals surface area contributed by atoms with E-state index in [1.54, 1.807) is 12.1 Å². The van der Waals surface area contributed by atoms with Gasteiger partial charge in [-0.2, -0.15) is 0 Å². The van der Waals surface area contributed by atoms with Gasteiger partial charge in [-0.15, -0.1) is 23.2 Å². The van der Waals surface area contributed by atoms with Crippen LogP contribution in [0.15, 0.2) is 30.3 Å². The zero-order chi connectivity index (χ0) is 9.19. The Morgan fingerprint density at radius 2 is 1.50 bits per heavy atom. The van der Waals surface area contributed by atoms with Crippen LogP contribution in [0.3, 0.4) is 0 Å². The number of benzene rings is 1. The average Bonchev–Trinajstić information content (AvgIpc) is 2.06. The van der Waals surface area contributed by atoms with Gasteiger partial charge in [-0.3, -0.25) is 0 Å². The summed E-state index contributed by atoms with van der Waals surface area (Å²) < 4.78 is -1.23. The molecule has 0 unspecified atom stereocenters. The van der Waals surface area contributed by atoms with Gasteiger partial charge >= 0.3 is 0 Å². The van der Waals surface area contributed by atoms with Crippen LogP contribution in [0.4, 0.5) is 0 Å². The Morgan fingerprint density at radius 3 is 1.92 bits per heavy atom. The van der Waals surface area contributed by atoms with Crippen molar-refractivity contribution in [1.82, 2.24) is 0 Å². The van der Waals surface area contributed by atoms with Gasteiger partial charge in [0, 0.05) is 0 Å². The van der Waals surface area contributed by atoms with Crippen LogP contribution in [0.2, 0.25) is 0 Å². The minimum atomic E-state index is -1.23. The van der Waals surface area contributed by atoms with Crippen LogP contribution in [-0.4, -0.2) is 4.84 Å². The van der Waals surface area contributed by atoms with Crippen LogP contribution in [0.25, 0.3) is 0 Å². The molecule has 0 heterocycles. The lowest BCUT2D eigenvalue weighted by Crippen LogP contribution is -2.18. The molecule has 4 heteroatoms. The highest BCUT2D eigenvalue weighted by Gasteiger charge is 2.33. The Kier molecular flexibility index (Phi) is 3.54. The molecule has 0 aliphatic rings. The largest absolute Gasteiger partial charge is 0.173 e.